The molecule has 0 saturated heterocycles. The second kappa shape index (κ2) is 5.98. The van der Waals surface area contributed by atoms with Crippen molar-refractivity contribution in [1.29, 1.82) is 0 Å². The summed E-state index contributed by atoms with van der Waals surface area (Å²) in [6.45, 7) is 3.90. The fourth-order valence-electron chi connectivity index (χ4n) is 2.02. The van der Waals surface area contributed by atoms with Crippen molar-refractivity contribution in [3.05, 3.63) is 51.1 Å². The minimum absolute atomic E-state index is 0.172. The summed E-state index contributed by atoms with van der Waals surface area (Å²) in [4.78, 5) is 13.7. The van der Waals surface area contributed by atoms with Crippen LogP contribution >= 0.6 is 27.3 Å². The molecule has 0 fully saturated rings. The van der Waals surface area contributed by atoms with Gasteiger partial charge in [0, 0.05) is 15.0 Å². The molecule has 2 heterocycles. The van der Waals surface area contributed by atoms with Gasteiger partial charge in [0.1, 0.15) is 11.3 Å². The second-order valence-corrected chi connectivity index (χ2v) is 6.80. The molecule has 0 bridgehead atoms. The minimum Gasteiger partial charge on any atom is -0.322 e. The van der Waals surface area contributed by atoms with Crippen LogP contribution in [0.3, 0.4) is 0 Å². The molecule has 0 aliphatic carbocycles. The van der Waals surface area contributed by atoms with Gasteiger partial charge in [-0.3, -0.25) is 4.79 Å². The maximum Gasteiger partial charge on any atom is 0.259 e. The number of hydrogen-bond acceptors (Lipinski definition) is 5. The molecule has 0 unspecified atom stereocenters. The summed E-state index contributed by atoms with van der Waals surface area (Å²) in [6.07, 6.45) is 1.49. The lowest BCUT2D eigenvalue weighted by Gasteiger charge is -2.07. The average molecular weight is 378 g/mol. The lowest BCUT2D eigenvalue weighted by Crippen LogP contribution is -2.15. The molecular weight excluding hydrogens is 366 g/mol. The summed E-state index contributed by atoms with van der Waals surface area (Å²) in [6, 6.07) is 7.44. The number of halogens is 1. The van der Waals surface area contributed by atoms with Gasteiger partial charge in [0.05, 0.1) is 5.56 Å². The Bertz CT molecular complexity index is 811. The van der Waals surface area contributed by atoms with Gasteiger partial charge in [0.25, 0.3) is 5.91 Å². The highest BCUT2D eigenvalue weighted by Gasteiger charge is 2.21. The zero-order valence-corrected chi connectivity index (χ0v) is 14.3. The van der Waals surface area contributed by atoms with Crippen molar-refractivity contribution >= 4 is 38.9 Å². The number of aromatic nitrogens is 4. The van der Waals surface area contributed by atoms with Crippen LogP contribution in [0, 0.1) is 13.8 Å². The SMILES string of the molecule is Cc1sc(-n2cnnn2)c(C(=O)Nc2ccc(Br)cc2)c1C. The zero-order valence-electron chi connectivity index (χ0n) is 11.9. The van der Waals surface area contributed by atoms with Crippen molar-refractivity contribution < 1.29 is 4.79 Å². The van der Waals surface area contributed by atoms with E-state index >= 15 is 0 Å². The maximum absolute atomic E-state index is 12.7. The highest BCUT2D eigenvalue weighted by atomic mass is 79.9. The maximum atomic E-state index is 12.7. The largest absolute Gasteiger partial charge is 0.322 e. The number of nitrogens with one attached hydrogen (secondary N) is 1. The zero-order chi connectivity index (χ0) is 15.7. The molecule has 0 radical (unpaired) electrons. The Balaban J connectivity index is 1.97. The van der Waals surface area contributed by atoms with Crippen LogP contribution in [0.5, 0.6) is 0 Å². The number of hydrogen-bond donors (Lipinski definition) is 1. The predicted molar refractivity (Wildman–Crippen MR) is 88.6 cm³/mol. The van der Waals surface area contributed by atoms with Crippen LogP contribution in [-0.4, -0.2) is 26.1 Å². The lowest BCUT2D eigenvalue weighted by molar-refractivity contribution is 0.102. The molecule has 0 saturated carbocycles. The summed E-state index contributed by atoms with van der Waals surface area (Å²) < 4.78 is 2.48. The molecule has 3 rings (SSSR count). The third-order valence-corrected chi connectivity index (χ3v) is 4.98. The Morgan fingerprint density at radius 1 is 1.27 bits per heavy atom. The van der Waals surface area contributed by atoms with Crippen molar-refractivity contribution in [3.8, 4) is 5.00 Å². The third kappa shape index (κ3) is 2.79. The van der Waals surface area contributed by atoms with E-state index in [0.717, 1.165) is 25.6 Å². The Labute approximate surface area is 139 Å². The molecule has 0 spiro atoms. The van der Waals surface area contributed by atoms with Gasteiger partial charge < -0.3 is 5.32 Å². The predicted octanol–water partition coefficient (Wildman–Crippen LogP) is 3.36. The molecule has 1 N–H and O–H groups in total. The van der Waals surface area contributed by atoms with Crippen molar-refractivity contribution in [3.63, 3.8) is 0 Å². The van der Waals surface area contributed by atoms with Crippen LogP contribution < -0.4 is 5.32 Å². The first-order valence-corrected chi connectivity index (χ1v) is 8.07. The molecular formula is C14H12BrN5OS. The number of amides is 1. The van der Waals surface area contributed by atoms with E-state index in [9.17, 15) is 4.79 Å². The molecule has 8 heteroatoms. The van der Waals surface area contributed by atoms with Crippen molar-refractivity contribution in [2.24, 2.45) is 0 Å². The van der Waals surface area contributed by atoms with Gasteiger partial charge in [-0.15, -0.1) is 16.4 Å². The average Bonchev–Trinajstić information content (AvgIpc) is 3.11. The van der Waals surface area contributed by atoms with E-state index in [0.29, 0.717) is 5.56 Å². The van der Waals surface area contributed by atoms with E-state index in [1.165, 1.54) is 22.3 Å². The first-order valence-electron chi connectivity index (χ1n) is 6.46. The molecule has 6 nitrogen and oxygen atoms in total. The van der Waals surface area contributed by atoms with Crippen molar-refractivity contribution in [1.82, 2.24) is 20.2 Å². The van der Waals surface area contributed by atoms with Gasteiger partial charge in [-0.05, 0) is 54.1 Å². The Morgan fingerprint density at radius 3 is 2.64 bits per heavy atom. The summed E-state index contributed by atoms with van der Waals surface area (Å²) in [5.74, 6) is -0.172. The van der Waals surface area contributed by atoms with E-state index in [-0.39, 0.29) is 5.91 Å². The van der Waals surface area contributed by atoms with Crippen LogP contribution in [0.2, 0.25) is 0 Å². The van der Waals surface area contributed by atoms with Gasteiger partial charge >= 0.3 is 0 Å². The Kier molecular flexibility index (Phi) is 4.04. The number of benzene rings is 1. The normalized spacial score (nSPS) is 10.7. The molecule has 0 atom stereocenters. The minimum atomic E-state index is -0.172. The molecule has 1 amide bonds. The second-order valence-electron chi connectivity index (χ2n) is 4.68. The van der Waals surface area contributed by atoms with Crippen LogP contribution in [0.1, 0.15) is 20.8 Å². The molecule has 2 aromatic heterocycles. The number of rotatable bonds is 3. The molecule has 0 aliphatic rings. The topological polar surface area (TPSA) is 72.7 Å². The van der Waals surface area contributed by atoms with E-state index in [2.05, 4.69) is 36.8 Å². The number of anilines is 1. The summed E-state index contributed by atoms with van der Waals surface area (Å²) in [5, 5.41) is 14.8. The number of carbonyl (C=O) groups is 1. The summed E-state index contributed by atoms with van der Waals surface area (Å²) >= 11 is 4.86. The van der Waals surface area contributed by atoms with Crippen LogP contribution in [0.25, 0.3) is 5.00 Å². The monoisotopic (exact) mass is 377 g/mol. The molecule has 22 heavy (non-hydrogen) atoms. The quantitative estimate of drug-likeness (QED) is 0.759. The first-order chi connectivity index (χ1) is 10.6. The fraction of sp³-hybridized carbons (Fsp3) is 0.143. The van der Waals surface area contributed by atoms with Gasteiger partial charge in [-0.25, -0.2) is 0 Å². The first kappa shape index (κ1) is 14.9. The Morgan fingerprint density at radius 2 is 2.00 bits per heavy atom. The molecule has 0 aliphatic heterocycles. The number of thiophene rings is 1. The number of carbonyl (C=O) groups excluding carboxylic acids is 1. The number of nitrogens with zero attached hydrogens (tertiary/aromatic N) is 4. The smallest absolute Gasteiger partial charge is 0.259 e. The van der Waals surface area contributed by atoms with Crippen LogP contribution in [0.4, 0.5) is 5.69 Å². The number of tetrazole rings is 1. The van der Waals surface area contributed by atoms with Gasteiger partial charge in [0.15, 0.2) is 0 Å². The Hall–Kier alpha value is -2.06. The van der Waals surface area contributed by atoms with E-state index in [1.807, 2.05) is 38.1 Å². The summed E-state index contributed by atoms with van der Waals surface area (Å²) in [7, 11) is 0. The summed E-state index contributed by atoms with van der Waals surface area (Å²) in [5.41, 5.74) is 2.27. The number of aryl methyl sites for hydroxylation is 1. The standard InChI is InChI=1S/C14H12BrN5OS/c1-8-9(2)22-14(20-7-16-18-19-20)12(8)13(21)17-11-5-3-10(15)4-6-11/h3-7H,1-2H3,(H,17,21). The molecule has 3 aromatic rings. The highest BCUT2D eigenvalue weighted by molar-refractivity contribution is 9.10. The van der Waals surface area contributed by atoms with E-state index < -0.39 is 0 Å². The van der Waals surface area contributed by atoms with Crippen LogP contribution in [0.15, 0.2) is 35.1 Å². The van der Waals surface area contributed by atoms with Gasteiger partial charge in [0.2, 0.25) is 0 Å². The van der Waals surface area contributed by atoms with E-state index in [4.69, 9.17) is 0 Å². The van der Waals surface area contributed by atoms with Gasteiger partial charge in [-0.2, -0.15) is 4.68 Å². The fourth-order valence-corrected chi connectivity index (χ4v) is 3.35. The van der Waals surface area contributed by atoms with Gasteiger partial charge in [-0.1, -0.05) is 15.9 Å². The molecule has 1 aromatic carbocycles. The van der Waals surface area contributed by atoms with E-state index in [1.54, 1.807) is 0 Å². The third-order valence-electron chi connectivity index (χ3n) is 3.25. The van der Waals surface area contributed by atoms with Crippen molar-refractivity contribution in [2.45, 2.75) is 13.8 Å². The van der Waals surface area contributed by atoms with Crippen molar-refractivity contribution in [2.75, 3.05) is 5.32 Å². The van der Waals surface area contributed by atoms with Crippen LogP contribution in [-0.2, 0) is 0 Å². The lowest BCUT2D eigenvalue weighted by atomic mass is 10.1. The molecule has 112 valence electrons. The highest BCUT2D eigenvalue weighted by Crippen LogP contribution is 2.30.